The highest BCUT2D eigenvalue weighted by atomic mass is 16.5. The van der Waals surface area contributed by atoms with E-state index in [1.54, 1.807) is 25.1 Å². The molecule has 0 unspecified atom stereocenters. The molecule has 4 heteroatoms. The molecule has 0 aliphatic rings. The van der Waals surface area contributed by atoms with Crippen LogP contribution >= 0.6 is 0 Å². The number of aliphatic hydroxyl groups excluding tert-OH is 1. The summed E-state index contributed by atoms with van der Waals surface area (Å²) in [5, 5.41) is 10.0. The summed E-state index contributed by atoms with van der Waals surface area (Å²) in [5.41, 5.74) is 1.64. The lowest BCUT2D eigenvalue weighted by atomic mass is 10.1. The van der Waals surface area contributed by atoms with E-state index in [9.17, 15) is 9.90 Å². The molecule has 1 aromatic carbocycles. The Morgan fingerprint density at radius 3 is 3.00 bits per heavy atom. The Labute approximate surface area is 92.4 Å². The van der Waals surface area contributed by atoms with Crippen LogP contribution in [0.25, 0.3) is 11.0 Å². The molecule has 1 heterocycles. The molecule has 84 valence electrons. The van der Waals surface area contributed by atoms with Gasteiger partial charge in [0.2, 0.25) is 0 Å². The number of furan rings is 1. The zero-order valence-electron chi connectivity index (χ0n) is 8.90. The third-order valence-corrected chi connectivity index (χ3v) is 2.34. The van der Waals surface area contributed by atoms with Crippen molar-refractivity contribution in [3.8, 4) is 0 Å². The van der Waals surface area contributed by atoms with Gasteiger partial charge in [0.05, 0.1) is 25.0 Å². The quantitative estimate of drug-likeness (QED) is 0.805. The molecule has 2 rings (SSSR count). The molecule has 0 spiro atoms. The van der Waals surface area contributed by atoms with Crippen LogP contribution in [0.3, 0.4) is 0 Å². The van der Waals surface area contributed by atoms with E-state index in [1.165, 1.54) is 6.26 Å². The highest BCUT2D eigenvalue weighted by Gasteiger charge is 2.12. The number of aliphatic hydroxyl groups is 1. The third-order valence-electron chi connectivity index (χ3n) is 2.34. The Hall–Kier alpha value is -1.81. The Kier molecular flexibility index (Phi) is 2.92. The summed E-state index contributed by atoms with van der Waals surface area (Å²) in [5.74, 6) is -0.407. The number of carbonyl (C=O) groups is 1. The van der Waals surface area contributed by atoms with Crippen LogP contribution < -0.4 is 0 Å². The van der Waals surface area contributed by atoms with Gasteiger partial charge < -0.3 is 14.3 Å². The number of esters is 1. The van der Waals surface area contributed by atoms with Crippen molar-refractivity contribution < 1.29 is 19.1 Å². The highest BCUT2D eigenvalue weighted by molar-refractivity contribution is 5.95. The normalized spacial score (nSPS) is 10.6. The van der Waals surface area contributed by atoms with E-state index in [2.05, 4.69) is 0 Å². The van der Waals surface area contributed by atoms with E-state index in [-0.39, 0.29) is 6.61 Å². The molecule has 0 amide bonds. The number of ether oxygens (including phenoxy) is 1. The lowest BCUT2D eigenvalue weighted by Crippen LogP contribution is -2.05. The summed E-state index contributed by atoms with van der Waals surface area (Å²) in [7, 11) is 0. The maximum Gasteiger partial charge on any atom is 0.338 e. The molecule has 0 aliphatic heterocycles. The fraction of sp³-hybridized carbons (Fsp3) is 0.250. The van der Waals surface area contributed by atoms with Gasteiger partial charge in [-0.25, -0.2) is 4.79 Å². The van der Waals surface area contributed by atoms with Gasteiger partial charge in [-0.2, -0.15) is 0 Å². The van der Waals surface area contributed by atoms with Crippen LogP contribution in [-0.2, 0) is 11.3 Å². The van der Waals surface area contributed by atoms with Crippen LogP contribution in [0, 0.1) is 0 Å². The monoisotopic (exact) mass is 220 g/mol. The van der Waals surface area contributed by atoms with Crippen molar-refractivity contribution in [3.63, 3.8) is 0 Å². The van der Waals surface area contributed by atoms with E-state index in [1.807, 2.05) is 0 Å². The van der Waals surface area contributed by atoms with Gasteiger partial charge >= 0.3 is 5.97 Å². The summed E-state index contributed by atoms with van der Waals surface area (Å²) >= 11 is 0. The van der Waals surface area contributed by atoms with Crippen molar-refractivity contribution in [1.29, 1.82) is 0 Å². The second kappa shape index (κ2) is 4.37. The van der Waals surface area contributed by atoms with Gasteiger partial charge in [-0.3, -0.25) is 0 Å². The number of carbonyl (C=O) groups excluding carboxylic acids is 1. The average Bonchev–Trinajstić information content (AvgIpc) is 2.75. The molecule has 0 atom stereocenters. The first-order chi connectivity index (χ1) is 7.76. The van der Waals surface area contributed by atoms with Gasteiger partial charge in [-0.1, -0.05) is 0 Å². The SMILES string of the molecule is CCOC(=O)c1cc(CO)c2ccoc2c1. The van der Waals surface area contributed by atoms with Crippen molar-refractivity contribution >= 4 is 16.9 Å². The van der Waals surface area contributed by atoms with Crippen molar-refractivity contribution in [2.24, 2.45) is 0 Å². The molecule has 0 aliphatic carbocycles. The smallest absolute Gasteiger partial charge is 0.338 e. The van der Waals surface area contributed by atoms with Crippen LogP contribution in [0.5, 0.6) is 0 Å². The van der Waals surface area contributed by atoms with Crippen LogP contribution in [0.1, 0.15) is 22.8 Å². The summed E-state index contributed by atoms with van der Waals surface area (Å²) in [6, 6.07) is 5.00. The van der Waals surface area contributed by atoms with E-state index in [0.29, 0.717) is 23.3 Å². The standard InChI is InChI=1S/C12H12O4/c1-2-15-12(14)8-5-9(7-13)10-3-4-16-11(10)6-8/h3-6,13H,2,7H2,1H3. The number of benzene rings is 1. The van der Waals surface area contributed by atoms with Gasteiger partial charge in [0.15, 0.2) is 0 Å². The van der Waals surface area contributed by atoms with Gasteiger partial charge in [-0.05, 0) is 30.7 Å². The molecule has 0 saturated heterocycles. The average molecular weight is 220 g/mol. The second-order valence-corrected chi connectivity index (χ2v) is 3.35. The summed E-state index contributed by atoms with van der Waals surface area (Å²) < 4.78 is 10.1. The van der Waals surface area contributed by atoms with Crippen LogP contribution in [0.4, 0.5) is 0 Å². The molecular weight excluding hydrogens is 208 g/mol. The van der Waals surface area contributed by atoms with E-state index >= 15 is 0 Å². The van der Waals surface area contributed by atoms with Crippen LogP contribution in [-0.4, -0.2) is 17.7 Å². The predicted octanol–water partition coefficient (Wildman–Crippen LogP) is 2.10. The highest BCUT2D eigenvalue weighted by Crippen LogP contribution is 2.22. The zero-order valence-corrected chi connectivity index (χ0v) is 8.90. The molecule has 16 heavy (non-hydrogen) atoms. The second-order valence-electron chi connectivity index (χ2n) is 3.35. The van der Waals surface area contributed by atoms with Crippen molar-refractivity contribution in [2.75, 3.05) is 6.61 Å². The van der Waals surface area contributed by atoms with E-state index < -0.39 is 5.97 Å². The summed E-state index contributed by atoms with van der Waals surface area (Å²) in [4.78, 5) is 11.5. The minimum absolute atomic E-state index is 0.136. The molecule has 1 N–H and O–H groups in total. The van der Waals surface area contributed by atoms with Gasteiger partial charge in [0, 0.05) is 5.39 Å². The number of hydrogen-bond acceptors (Lipinski definition) is 4. The fourth-order valence-electron chi connectivity index (χ4n) is 1.61. The number of hydrogen-bond donors (Lipinski definition) is 1. The molecule has 0 bridgehead atoms. The fourth-order valence-corrected chi connectivity index (χ4v) is 1.61. The summed E-state index contributed by atoms with van der Waals surface area (Å²) in [6.45, 7) is 1.93. The first kappa shape index (κ1) is 10.7. The molecule has 0 radical (unpaired) electrons. The van der Waals surface area contributed by atoms with Crippen molar-refractivity contribution in [2.45, 2.75) is 13.5 Å². The lowest BCUT2D eigenvalue weighted by molar-refractivity contribution is 0.0526. The van der Waals surface area contributed by atoms with Crippen molar-refractivity contribution in [1.82, 2.24) is 0 Å². The largest absolute Gasteiger partial charge is 0.464 e. The third kappa shape index (κ3) is 1.79. The van der Waals surface area contributed by atoms with Crippen LogP contribution in [0.2, 0.25) is 0 Å². The first-order valence-corrected chi connectivity index (χ1v) is 5.04. The Morgan fingerprint density at radius 1 is 1.50 bits per heavy atom. The number of fused-ring (bicyclic) bond motifs is 1. The zero-order chi connectivity index (χ0) is 11.5. The van der Waals surface area contributed by atoms with Gasteiger partial charge in [-0.15, -0.1) is 0 Å². The molecule has 0 fully saturated rings. The van der Waals surface area contributed by atoms with E-state index in [0.717, 1.165) is 5.39 Å². The summed E-state index contributed by atoms with van der Waals surface area (Å²) in [6.07, 6.45) is 1.53. The molecule has 2 aromatic rings. The maximum atomic E-state index is 11.5. The number of rotatable bonds is 3. The van der Waals surface area contributed by atoms with Gasteiger partial charge in [0.1, 0.15) is 5.58 Å². The lowest BCUT2D eigenvalue weighted by Gasteiger charge is -2.04. The molecule has 0 saturated carbocycles. The first-order valence-electron chi connectivity index (χ1n) is 5.04. The molecule has 4 nitrogen and oxygen atoms in total. The Balaban J connectivity index is 2.51. The predicted molar refractivity (Wildman–Crippen MR) is 58.1 cm³/mol. The molecule has 1 aromatic heterocycles. The minimum Gasteiger partial charge on any atom is -0.464 e. The van der Waals surface area contributed by atoms with Crippen LogP contribution in [0.15, 0.2) is 28.9 Å². The Morgan fingerprint density at radius 2 is 2.31 bits per heavy atom. The van der Waals surface area contributed by atoms with Gasteiger partial charge in [0.25, 0.3) is 0 Å². The topological polar surface area (TPSA) is 59.7 Å². The van der Waals surface area contributed by atoms with E-state index in [4.69, 9.17) is 9.15 Å². The van der Waals surface area contributed by atoms with Crippen molar-refractivity contribution in [3.05, 3.63) is 35.6 Å². The minimum atomic E-state index is -0.407. The molecular formula is C12H12O4. The Bertz CT molecular complexity index is 513. The maximum absolute atomic E-state index is 11.5.